The van der Waals surface area contributed by atoms with E-state index < -0.39 is 16.0 Å². The molecule has 0 radical (unpaired) electrons. The van der Waals surface area contributed by atoms with E-state index in [-0.39, 0.29) is 9.78 Å². The molecule has 4 rings (SSSR count). The minimum Gasteiger partial charge on any atom is -0.478 e. The molecule has 0 amide bonds. The number of aromatic nitrogens is 3. The summed E-state index contributed by atoms with van der Waals surface area (Å²) in [6, 6.07) is 12.2. The first-order chi connectivity index (χ1) is 13.9. The molecule has 0 unspecified atom stereocenters. The van der Waals surface area contributed by atoms with Crippen LogP contribution in [-0.4, -0.2) is 51.9 Å². The predicted molar refractivity (Wildman–Crippen MR) is 109 cm³/mol. The number of carbonyl (C=O) groups is 1. The van der Waals surface area contributed by atoms with Crippen LogP contribution in [0.4, 0.5) is 0 Å². The molecular weight excluding hydrogens is 412 g/mol. The van der Waals surface area contributed by atoms with Gasteiger partial charge in [0.2, 0.25) is 0 Å². The van der Waals surface area contributed by atoms with Crippen LogP contribution >= 0.6 is 11.3 Å². The fourth-order valence-electron chi connectivity index (χ4n) is 3.07. The molecule has 150 valence electrons. The van der Waals surface area contributed by atoms with Gasteiger partial charge >= 0.3 is 5.97 Å². The highest BCUT2D eigenvalue weighted by Gasteiger charge is 2.29. The van der Waals surface area contributed by atoms with Crippen molar-refractivity contribution in [2.75, 3.05) is 13.1 Å². The van der Waals surface area contributed by atoms with Crippen LogP contribution in [0.5, 0.6) is 0 Å². The summed E-state index contributed by atoms with van der Waals surface area (Å²) in [5.74, 6) is -1.16. The van der Waals surface area contributed by atoms with Crippen molar-refractivity contribution >= 4 is 39.0 Å². The Hall–Kier alpha value is -2.82. The quantitative estimate of drug-likeness (QED) is 0.603. The molecule has 10 heteroatoms. The summed E-state index contributed by atoms with van der Waals surface area (Å²) in [6.07, 6.45) is 4.54. The van der Waals surface area contributed by atoms with Gasteiger partial charge in [0, 0.05) is 18.0 Å². The second-order valence-electron chi connectivity index (χ2n) is 6.49. The predicted octanol–water partition coefficient (Wildman–Crippen LogP) is 2.74. The molecule has 1 saturated heterocycles. The topological polar surface area (TPSA) is 105 Å². The maximum atomic E-state index is 12.7. The van der Waals surface area contributed by atoms with Gasteiger partial charge in [0.15, 0.2) is 0 Å². The van der Waals surface area contributed by atoms with Crippen molar-refractivity contribution in [2.45, 2.75) is 17.1 Å². The largest absolute Gasteiger partial charge is 0.478 e. The fraction of sp³-hybridized carbons (Fsp3) is 0.211. The van der Waals surface area contributed by atoms with Gasteiger partial charge in [-0.05, 0) is 43.2 Å². The molecule has 1 aliphatic heterocycles. The van der Waals surface area contributed by atoms with E-state index in [1.165, 1.54) is 33.5 Å². The molecule has 3 heterocycles. The lowest BCUT2D eigenvalue weighted by atomic mass is 10.2. The summed E-state index contributed by atoms with van der Waals surface area (Å²) in [7, 11) is -3.58. The first-order valence-electron chi connectivity index (χ1n) is 8.98. The standard InChI is InChI=1S/C19H18N4O4S2/c24-19(25)16(12-14-13-20-23(21-14)15-6-2-1-3-7-15)17-8-9-18(28-17)29(26,27)22-10-4-5-11-22/h1-3,6-9,12-13H,4-5,10-11H2,(H,24,25)/b16-12-. The Balaban J connectivity index is 1.65. The van der Waals surface area contributed by atoms with Gasteiger partial charge < -0.3 is 5.11 Å². The van der Waals surface area contributed by atoms with Crippen LogP contribution in [-0.2, 0) is 14.8 Å². The smallest absolute Gasteiger partial charge is 0.337 e. The average Bonchev–Trinajstić information content (AvgIpc) is 3.48. The van der Waals surface area contributed by atoms with E-state index in [0.29, 0.717) is 23.7 Å². The molecule has 1 N–H and O–H groups in total. The third-order valence-electron chi connectivity index (χ3n) is 4.53. The summed E-state index contributed by atoms with van der Waals surface area (Å²) in [5.41, 5.74) is 1.08. The maximum Gasteiger partial charge on any atom is 0.337 e. The Morgan fingerprint density at radius 3 is 2.52 bits per heavy atom. The molecule has 0 spiro atoms. The van der Waals surface area contributed by atoms with E-state index in [0.717, 1.165) is 29.9 Å². The zero-order valence-corrected chi connectivity index (χ0v) is 16.9. The highest BCUT2D eigenvalue weighted by Crippen LogP contribution is 2.31. The van der Waals surface area contributed by atoms with Gasteiger partial charge in [-0.1, -0.05) is 18.2 Å². The SMILES string of the molecule is O=C(O)/C(=C\c1cnn(-c2ccccc2)n1)c1ccc(S(=O)(=O)N2CCCC2)s1. The summed E-state index contributed by atoms with van der Waals surface area (Å²) in [4.78, 5) is 13.6. The van der Waals surface area contributed by atoms with Crippen LogP contribution in [0.1, 0.15) is 23.4 Å². The summed E-state index contributed by atoms with van der Waals surface area (Å²) < 4.78 is 27.0. The van der Waals surface area contributed by atoms with Crippen molar-refractivity contribution in [3.63, 3.8) is 0 Å². The van der Waals surface area contributed by atoms with Crippen LogP contribution < -0.4 is 0 Å². The summed E-state index contributed by atoms with van der Waals surface area (Å²) in [6.45, 7) is 1.000. The minimum absolute atomic E-state index is 0.0296. The van der Waals surface area contributed by atoms with Gasteiger partial charge in [0.1, 0.15) is 9.90 Å². The van der Waals surface area contributed by atoms with Gasteiger partial charge in [0.25, 0.3) is 10.0 Å². The summed E-state index contributed by atoms with van der Waals surface area (Å²) in [5, 5.41) is 18.1. The Bertz CT molecular complexity index is 1160. The lowest BCUT2D eigenvalue weighted by Gasteiger charge is -2.13. The van der Waals surface area contributed by atoms with Gasteiger partial charge in [-0.2, -0.15) is 14.2 Å². The van der Waals surface area contributed by atoms with E-state index in [2.05, 4.69) is 10.2 Å². The number of carboxylic acid groups (broad SMARTS) is 1. The number of sulfonamides is 1. The lowest BCUT2D eigenvalue weighted by Crippen LogP contribution is -2.27. The Labute approximate surface area is 171 Å². The second kappa shape index (κ2) is 7.90. The minimum atomic E-state index is -3.58. The van der Waals surface area contributed by atoms with E-state index in [1.807, 2.05) is 30.3 Å². The van der Waals surface area contributed by atoms with Gasteiger partial charge in [-0.25, -0.2) is 13.2 Å². The van der Waals surface area contributed by atoms with Crippen molar-refractivity contribution in [2.24, 2.45) is 0 Å². The van der Waals surface area contributed by atoms with Crippen LogP contribution in [0.3, 0.4) is 0 Å². The number of para-hydroxylation sites is 1. The molecule has 3 aromatic rings. The third kappa shape index (κ3) is 4.00. The van der Waals surface area contributed by atoms with Crippen molar-refractivity contribution in [3.05, 3.63) is 59.2 Å². The zero-order chi connectivity index (χ0) is 20.4. The second-order valence-corrected chi connectivity index (χ2v) is 9.74. The Kier molecular flexibility index (Phi) is 5.31. The number of benzene rings is 1. The monoisotopic (exact) mass is 430 g/mol. The maximum absolute atomic E-state index is 12.7. The van der Waals surface area contributed by atoms with Crippen LogP contribution in [0.25, 0.3) is 17.3 Å². The van der Waals surface area contributed by atoms with E-state index in [4.69, 9.17) is 0 Å². The number of rotatable bonds is 6. The average molecular weight is 431 g/mol. The lowest BCUT2D eigenvalue weighted by molar-refractivity contribution is -0.130. The first-order valence-corrected chi connectivity index (χ1v) is 11.2. The molecule has 0 bridgehead atoms. The van der Waals surface area contributed by atoms with E-state index in [9.17, 15) is 18.3 Å². The number of thiophene rings is 1. The highest BCUT2D eigenvalue weighted by molar-refractivity contribution is 7.91. The molecule has 29 heavy (non-hydrogen) atoms. The molecule has 2 aromatic heterocycles. The molecule has 0 saturated carbocycles. The Morgan fingerprint density at radius 2 is 1.83 bits per heavy atom. The number of carboxylic acids is 1. The van der Waals surface area contributed by atoms with Crippen molar-refractivity contribution < 1.29 is 18.3 Å². The van der Waals surface area contributed by atoms with Gasteiger partial charge in [-0.3, -0.25) is 0 Å². The molecular formula is C19H18N4O4S2. The summed E-state index contributed by atoms with van der Waals surface area (Å²) >= 11 is 0.952. The third-order valence-corrected chi connectivity index (χ3v) is 8.01. The van der Waals surface area contributed by atoms with Crippen LogP contribution in [0, 0.1) is 0 Å². The van der Waals surface area contributed by atoms with Crippen LogP contribution in [0.15, 0.2) is 52.9 Å². The van der Waals surface area contributed by atoms with Gasteiger partial charge in [-0.15, -0.1) is 16.4 Å². The molecule has 1 fully saturated rings. The Morgan fingerprint density at radius 1 is 1.10 bits per heavy atom. The number of hydrogen-bond acceptors (Lipinski definition) is 6. The molecule has 0 aliphatic carbocycles. The highest BCUT2D eigenvalue weighted by atomic mass is 32.2. The number of hydrogen-bond donors (Lipinski definition) is 1. The van der Waals surface area contributed by atoms with Crippen molar-refractivity contribution in [3.8, 4) is 5.69 Å². The fourth-order valence-corrected chi connectivity index (χ4v) is 6.06. The van der Waals surface area contributed by atoms with Crippen molar-refractivity contribution in [1.82, 2.24) is 19.3 Å². The van der Waals surface area contributed by atoms with E-state index >= 15 is 0 Å². The first kappa shape index (κ1) is 19.5. The van der Waals surface area contributed by atoms with E-state index in [1.54, 1.807) is 0 Å². The number of aliphatic carboxylic acids is 1. The number of nitrogens with zero attached hydrogens (tertiary/aromatic N) is 4. The molecule has 0 atom stereocenters. The van der Waals surface area contributed by atoms with Crippen LogP contribution in [0.2, 0.25) is 0 Å². The van der Waals surface area contributed by atoms with Crippen molar-refractivity contribution in [1.29, 1.82) is 0 Å². The zero-order valence-electron chi connectivity index (χ0n) is 15.3. The van der Waals surface area contributed by atoms with Gasteiger partial charge in [0.05, 0.1) is 17.5 Å². The molecule has 1 aliphatic rings. The molecule has 1 aromatic carbocycles. The molecule has 8 nitrogen and oxygen atoms in total. The normalized spacial score (nSPS) is 15.7.